The SMILES string of the molecule is CBr.CCOc1c(C(=O)NCCCN2CCOCC2)sc2ccc(Br)cc12. The van der Waals surface area contributed by atoms with E-state index in [4.69, 9.17) is 9.47 Å². The van der Waals surface area contributed by atoms with Crippen LogP contribution in [0.1, 0.15) is 23.0 Å². The lowest BCUT2D eigenvalue weighted by molar-refractivity contribution is 0.0374. The Bertz CT molecular complexity index is 733. The number of rotatable bonds is 7. The number of carbonyl (C=O) groups excluding carboxylic acids is 1. The van der Waals surface area contributed by atoms with E-state index < -0.39 is 0 Å². The van der Waals surface area contributed by atoms with Gasteiger partial charge in [0.2, 0.25) is 0 Å². The summed E-state index contributed by atoms with van der Waals surface area (Å²) in [5, 5.41) is 4.02. The molecule has 1 amide bonds. The van der Waals surface area contributed by atoms with Gasteiger partial charge in [-0.05, 0) is 43.9 Å². The summed E-state index contributed by atoms with van der Waals surface area (Å²) in [7, 11) is 0. The smallest absolute Gasteiger partial charge is 0.265 e. The Hall–Kier alpha value is -0.670. The van der Waals surface area contributed by atoms with Crippen LogP contribution in [0.25, 0.3) is 10.1 Å². The number of thiophene rings is 1. The van der Waals surface area contributed by atoms with Crippen molar-refractivity contribution in [2.45, 2.75) is 13.3 Å². The van der Waals surface area contributed by atoms with Gasteiger partial charge < -0.3 is 14.8 Å². The van der Waals surface area contributed by atoms with E-state index >= 15 is 0 Å². The number of halogens is 2. The molecule has 1 fully saturated rings. The van der Waals surface area contributed by atoms with Crippen LogP contribution in [0.15, 0.2) is 22.7 Å². The Kier molecular flexibility index (Phi) is 10.1. The molecule has 0 aliphatic carbocycles. The lowest BCUT2D eigenvalue weighted by Gasteiger charge is -2.26. The van der Waals surface area contributed by atoms with Gasteiger partial charge in [-0.2, -0.15) is 0 Å². The molecule has 2 aromatic rings. The van der Waals surface area contributed by atoms with E-state index in [-0.39, 0.29) is 5.91 Å². The van der Waals surface area contributed by atoms with E-state index in [1.54, 1.807) is 0 Å². The second-order valence-corrected chi connectivity index (χ2v) is 7.87. The zero-order valence-electron chi connectivity index (χ0n) is 15.7. The maximum atomic E-state index is 12.6. The summed E-state index contributed by atoms with van der Waals surface area (Å²) >= 11 is 7.91. The fourth-order valence-corrected chi connectivity index (χ4v) is 4.30. The molecule has 2 heterocycles. The molecule has 0 spiro atoms. The van der Waals surface area contributed by atoms with Gasteiger partial charge in [-0.25, -0.2) is 0 Å². The Balaban J connectivity index is 0.00000126. The van der Waals surface area contributed by atoms with E-state index in [0.717, 1.165) is 53.8 Å². The van der Waals surface area contributed by atoms with Crippen LogP contribution in [0.2, 0.25) is 0 Å². The molecule has 1 aromatic heterocycles. The molecule has 150 valence electrons. The Morgan fingerprint density at radius 1 is 1.33 bits per heavy atom. The largest absolute Gasteiger partial charge is 0.491 e. The number of hydrogen-bond donors (Lipinski definition) is 1. The Labute approximate surface area is 181 Å². The van der Waals surface area contributed by atoms with Gasteiger partial charge in [0.1, 0.15) is 4.88 Å². The molecule has 1 N–H and O–H groups in total. The van der Waals surface area contributed by atoms with Crippen molar-refractivity contribution in [3.8, 4) is 5.75 Å². The summed E-state index contributed by atoms with van der Waals surface area (Å²) in [5.74, 6) is 2.45. The monoisotopic (exact) mass is 520 g/mol. The first kappa shape index (κ1) is 22.6. The van der Waals surface area contributed by atoms with Crippen LogP contribution in [0.3, 0.4) is 0 Å². The number of nitrogens with one attached hydrogen (secondary N) is 1. The van der Waals surface area contributed by atoms with Crippen LogP contribution in [0.5, 0.6) is 5.75 Å². The highest BCUT2D eigenvalue weighted by molar-refractivity contribution is 9.10. The average molecular weight is 522 g/mol. The third-order valence-electron chi connectivity index (χ3n) is 4.14. The van der Waals surface area contributed by atoms with Gasteiger partial charge in [0.25, 0.3) is 5.91 Å². The molecule has 0 bridgehead atoms. The number of carbonyl (C=O) groups is 1. The van der Waals surface area contributed by atoms with E-state index in [0.29, 0.717) is 23.8 Å². The number of morpholine rings is 1. The fraction of sp³-hybridized carbons (Fsp3) is 0.526. The number of benzene rings is 1. The minimum Gasteiger partial charge on any atom is -0.491 e. The van der Waals surface area contributed by atoms with Crippen LogP contribution < -0.4 is 10.1 Å². The van der Waals surface area contributed by atoms with E-state index in [9.17, 15) is 4.79 Å². The highest BCUT2D eigenvalue weighted by atomic mass is 79.9. The molecule has 1 aliphatic heterocycles. The van der Waals surface area contributed by atoms with Crippen molar-refractivity contribution in [3.05, 3.63) is 27.5 Å². The van der Waals surface area contributed by atoms with E-state index in [1.807, 2.05) is 31.0 Å². The van der Waals surface area contributed by atoms with Crippen LogP contribution in [0.4, 0.5) is 0 Å². The summed E-state index contributed by atoms with van der Waals surface area (Å²) in [5.41, 5.74) is 0. The number of fused-ring (bicyclic) bond motifs is 1. The summed E-state index contributed by atoms with van der Waals surface area (Å²) in [4.78, 5) is 15.6. The number of amides is 1. The molecule has 0 atom stereocenters. The lowest BCUT2D eigenvalue weighted by Crippen LogP contribution is -2.38. The second kappa shape index (κ2) is 12.0. The number of ether oxygens (including phenoxy) is 2. The first-order valence-electron chi connectivity index (χ1n) is 9.00. The molecule has 1 aromatic carbocycles. The minimum absolute atomic E-state index is 0.0530. The van der Waals surface area contributed by atoms with Crippen molar-refractivity contribution in [1.82, 2.24) is 10.2 Å². The average Bonchev–Trinajstić information content (AvgIpc) is 3.06. The van der Waals surface area contributed by atoms with Gasteiger partial charge in [-0.1, -0.05) is 31.9 Å². The molecular weight excluding hydrogens is 496 g/mol. The molecular formula is C19H26Br2N2O3S. The Morgan fingerprint density at radius 2 is 2.07 bits per heavy atom. The molecule has 1 saturated heterocycles. The van der Waals surface area contributed by atoms with E-state index in [1.165, 1.54) is 11.3 Å². The fourth-order valence-electron chi connectivity index (χ4n) is 2.89. The molecule has 1 aliphatic rings. The van der Waals surface area contributed by atoms with Crippen molar-refractivity contribution < 1.29 is 14.3 Å². The van der Waals surface area contributed by atoms with Gasteiger partial charge in [0.15, 0.2) is 5.75 Å². The third-order valence-corrected chi connectivity index (χ3v) is 5.78. The number of hydrogen-bond acceptors (Lipinski definition) is 5. The molecule has 8 heteroatoms. The second-order valence-electron chi connectivity index (χ2n) is 5.90. The minimum atomic E-state index is -0.0530. The summed E-state index contributed by atoms with van der Waals surface area (Å²) < 4.78 is 13.2. The van der Waals surface area contributed by atoms with Crippen LogP contribution in [-0.2, 0) is 4.74 Å². The normalized spacial score (nSPS) is 14.5. The Morgan fingerprint density at radius 3 is 2.78 bits per heavy atom. The molecule has 0 radical (unpaired) electrons. The highest BCUT2D eigenvalue weighted by Gasteiger charge is 2.20. The lowest BCUT2D eigenvalue weighted by atomic mass is 10.2. The predicted octanol–water partition coefficient (Wildman–Crippen LogP) is 4.53. The summed E-state index contributed by atoms with van der Waals surface area (Å²) in [6.07, 6.45) is 0.937. The van der Waals surface area contributed by atoms with Gasteiger partial charge in [0, 0.05) is 34.2 Å². The third kappa shape index (κ3) is 6.42. The van der Waals surface area contributed by atoms with Crippen molar-refractivity contribution in [2.75, 3.05) is 51.8 Å². The quantitative estimate of drug-likeness (QED) is 0.429. The van der Waals surface area contributed by atoms with Crippen molar-refractivity contribution in [3.63, 3.8) is 0 Å². The predicted molar refractivity (Wildman–Crippen MR) is 120 cm³/mol. The molecule has 0 unspecified atom stereocenters. The van der Waals surface area contributed by atoms with Gasteiger partial charge in [-0.15, -0.1) is 11.3 Å². The van der Waals surface area contributed by atoms with E-state index in [2.05, 4.69) is 42.1 Å². The van der Waals surface area contributed by atoms with Crippen molar-refractivity contribution in [2.24, 2.45) is 0 Å². The zero-order valence-corrected chi connectivity index (χ0v) is 19.7. The molecule has 3 rings (SSSR count). The number of nitrogens with zero attached hydrogens (tertiary/aromatic N) is 1. The zero-order chi connectivity index (χ0) is 19.6. The summed E-state index contributed by atoms with van der Waals surface area (Å²) in [6, 6.07) is 6.01. The standard InChI is InChI=1S/C18H23BrN2O3S.CH3Br/c1-2-24-16-14-12-13(19)4-5-15(14)25-17(16)18(22)20-6-3-7-21-8-10-23-11-9-21;1-2/h4-5,12H,2-3,6-11H2,1H3,(H,20,22);1H3. The number of alkyl halides is 1. The van der Waals surface area contributed by atoms with Gasteiger partial charge >= 0.3 is 0 Å². The first-order valence-corrected chi connectivity index (χ1v) is 12.2. The topological polar surface area (TPSA) is 50.8 Å². The van der Waals surface area contributed by atoms with Crippen molar-refractivity contribution in [1.29, 1.82) is 0 Å². The van der Waals surface area contributed by atoms with Crippen LogP contribution in [-0.4, -0.2) is 62.6 Å². The molecule has 0 saturated carbocycles. The van der Waals surface area contributed by atoms with Crippen LogP contribution >= 0.6 is 43.2 Å². The highest BCUT2D eigenvalue weighted by Crippen LogP contribution is 2.39. The van der Waals surface area contributed by atoms with Gasteiger partial charge in [0.05, 0.1) is 19.8 Å². The van der Waals surface area contributed by atoms with Crippen LogP contribution in [0, 0.1) is 0 Å². The maximum absolute atomic E-state index is 12.6. The maximum Gasteiger partial charge on any atom is 0.265 e. The first-order chi connectivity index (χ1) is 13.2. The summed E-state index contributed by atoms with van der Waals surface area (Å²) in [6.45, 7) is 7.70. The molecule has 5 nitrogen and oxygen atoms in total. The van der Waals surface area contributed by atoms with Gasteiger partial charge in [-0.3, -0.25) is 9.69 Å². The molecule has 27 heavy (non-hydrogen) atoms. The van der Waals surface area contributed by atoms with Crippen molar-refractivity contribution >= 4 is 59.2 Å².